The van der Waals surface area contributed by atoms with Crippen molar-refractivity contribution in [3.63, 3.8) is 0 Å². The summed E-state index contributed by atoms with van der Waals surface area (Å²) in [5.41, 5.74) is 0. The molecule has 0 radical (unpaired) electrons. The zero-order valence-electron chi connectivity index (χ0n) is 12.7. The van der Waals surface area contributed by atoms with Gasteiger partial charge in [0.15, 0.2) is 0 Å². The molecule has 1 aromatic heterocycles. The Kier molecular flexibility index (Phi) is 5.13. The largest absolute Gasteiger partial charge is 0.461 e. The van der Waals surface area contributed by atoms with E-state index in [-0.39, 0.29) is 24.6 Å². The normalized spacial score (nSPS) is 14.4. The molecule has 8 heteroatoms. The van der Waals surface area contributed by atoms with Gasteiger partial charge < -0.3 is 20.3 Å². The van der Waals surface area contributed by atoms with Crippen LogP contribution in [0.5, 0.6) is 6.01 Å². The molecule has 21 heavy (non-hydrogen) atoms. The minimum atomic E-state index is -0.0313. The van der Waals surface area contributed by atoms with Gasteiger partial charge in [0.2, 0.25) is 17.8 Å². The highest BCUT2D eigenvalue weighted by Gasteiger charge is 2.18. The number of nitrogens with zero attached hydrogens (tertiary/aromatic N) is 4. The molecule has 2 heterocycles. The third kappa shape index (κ3) is 4.44. The van der Waals surface area contributed by atoms with Crippen LogP contribution in [-0.2, 0) is 4.79 Å². The van der Waals surface area contributed by atoms with Gasteiger partial charge in [0.1, 0.15) is 0 Å². The van der Waals surface area contributed by atoms with Crippen LogP contribution in [0.25, 0.3) is 0 Å². The number of anilines is 2. The van der Waals surface area contributed by atoms with Crippen molar-refractivity contribution < 1.29 is 9.53 Å². The summed E-state index contributed by atoms with van der Waals surface area (Å²) in [6.07, 6.45) is 2.12. The number of hydrogen-bond donors (Lipinski definition) is 2. The van der Waals surface area contributed by atoms with E-state index in [9.17, 15) is 4.79 Å². The Hall–Kier alpha value is -2.12. The van der Waals surface area contributed by atoms with Crippen molar-refractivity contribution in [3.05, 3.63) is 0 Å². The van der Waals surface area contributed by atoms with Gasteiger partial charge in [0, 0.05) is 20.1 Å². The first-order valence-corrected chi connectivity index (χ1v) is 7.20. The number of nitrogens with one attached hydrogen (secondary N) is 2. The average molecular weight is 294 g/mol. The SMILES string of the molecule is CNc1nc(NCC(=O)N2CCCC2)nc(OC(C)C)n1. The molecular weight excluding hydrogens is 272 g/mol. The van der Waals surface area contributed by atoms with Crippen molar-refractivity contribution in [1.82, 2.24) is 19.9 Å². The summed E-state index contributed by atoms with van der Waals surface area (Å²) in [6.45, 7) is 5.64. The Morgan fingerprint density at radius 1 is 1.24 bits per heavy atom. The van der Waals surface area contributed by atoms with Gasteiger partial charge in [-0.1, -0.05) is 0 Å². The first-order chi connectivity index (χ1) is 10.1. The molecule has 0 aromatic carbocycles. The molecule has 1 aromatic rings. The minimum Gasteiger partial charge on any atom is -0.461 e. The van der Waals surface area contributed by atoms with Crippen molar-refractivity contribution in [3.8, 4) is 6.01 Å². The van der Waals surface area contributed by atoms with E-state index in [1.165, 1.54) is 0 Å². The van der Waals surface area contributed by atoms with E-state index in [1.54, 1.807) is 7.05 Å². The van der Waals surface area contributed by atoms with Crippen LogP contribution in [0.15, 0.2) is 0 Å². The zero-order valence-corrected chi connectivity index (χ0v) is 12.7. The third-order valence-electron chi connectivity index (χ3n) is 3.04. The number of aromatic nitrogens is 3. The fourth-order valence-corrected chi connectivity index (χ4v) is 2.04. The lowest BCUT2D eigenvalue weighted by atomic mass is 10.4. The molecule has 1 saturated heterocycles. The minimum absolute atomic E-state index is 0.0313. The van der Waals surface area contributed by atoms with Crippen molar-refractivity contribution >= 4 is 17.8 Å². The van der Waals surface area contributed by atoms with Crippen LogP contribution in [-0.4, -0.2) is 58.5 Å². The quantitative estimate of drug-likeness (QED) is 0.799. The highest BCUT2D eigenvalue weighted by molar-refractivity contribution is 5.80. The second kappa shape index (κ2) is 7.05. The fourth-order valence-electron chi connectivity index (χ4n) is 2.04. The number of ether oxygens (including phenoxy) is 1. The van der Waals surface area contributed by atoms with E-state index in [4.69, 9.17) is 4.74 Å². The number of hydrogen-bond acceptors (Lipinski definition) is 7. The Morgan fingerprint density at radius 3 is 2.52 bits per heavy atom. The highest BCUT2D eigenvalue weighted by atomic mass is 16.5. The van der Waals surface area contributed by atoms with Crippen LogP contribution in [0.4, 0.5) is 11.9 Å². The summed E-state index contributed by atoms with van der Waals surface area (Å²) in [5, 5.41) is 5.78. The topological polar surface area (TPSA) is 92.3 Å². The van der Waals surface area contributed by atoms with Crippen LogP contribution < -0.4 is 15.4 Å². The average Bonchev–Trinajstić information content (AvgIpc) is 2.98. The molecule has 0 bridgehead atoms. The van der Waals surface area contributed by atoms with Gasteiger partial charge in [-0.2, -0.15) is 15.0 Å². The Bertz CT molecular complexity index is 488. The van der Waals surface area contributed by atoms with Gasteiger partial charge in [0.25, 0.3) is 0 Å². The van der Waals surface area contributed by atoms with Crippen molar-refractivity contribution in [2.45, 2.75) is 32.8 Å². The lowest BCUT2D eigenvalue weighted by molar-refractivity contribution is -0.128. The fraction of sp³-hybridized carbons (Fsp3) is 0.692. The zero-order chi connectivity index (χ0) is 15.2. The Labute approximate surface area is 124 Å². The molecule has 0 atom stereocenters. The van der Waals surface area contributed by atoms with Gasteiger partial charge >= 0.3 is 6.01 Å². The monoisotopic (exact) mass is 294 g/mol. The molecule has 2 N–H and O–H groups in total. The summed E-state index contributed by atoms with van der Waals surface area (Å²) in [6, 6.07) is 0.237. The molecule has 1 fully saturated rings. The predicted octanol–water partition coefficient (Wildman–Crippen LogP) is 0.735. The van der Waals surface area contributed by atoms with E-state index < -0.39 is 0 Å². The molecule has 1 aliphatic heterocycles. The number of carbonyl (C=O) groups is 1. The number of rotatable bonds is 6. The van der Waals surface area contributed by atoms with Gasteiger partial charge in [-0.3, -0.25) is 4.79 Å². The van der Waals surface area contributed by atoms with Crippen LogP contribution in [0.1, 0.15) is 26.7 Å². The van der Waals surface area contributed by atoms with E-state index in [0.29, 0.717) is 11.9 Å². The maximum absolute atomic E-state index is 12.0. The van der Waals surface area contributed by atoms with Gasteiger partial charge in [0.05, 0.1) is 12.6 Å². The van der Waals surface area contributed by atoms with E-state index in [1.807, 2.05) is 18.7 Å². The Morgan fingerprint density at radius 2 is 1.90 bits per heavy atom. The van der Waals surface area contributed by atoms with Crippen molar-refractivity contribution in [1.29, 1.82) is 0 Å². The number of likely N-dealkylation sites (tertiary alicyclic amines) is 1. The first kappa shape index (κ1) is 15.3. The van der Waals surface area contributed by atoms with Crippen LogP contribution in [0.3, 0.4) is 0 Å². The second-order valence-corrected chi connectivity index (χ2v) is 5.12. The molecule has 1 amide bonds. The lowest BCUT2D eigenvalue weighted by Gasteiger charge is -2.16. The predicted molar refractivity (Wildman–Crippen MR) is 79.4 cm³/mol. The van der Waals surface area contributed by atoms with Gasteiger partial charge in [-0.05, 0) is 26.7 Å². The summed E-state index contributed by atoms with van der Waals surface area (Å²) < 4.78 is 5.47. The molecule has 0 unspecified atom stereocenters. The summed E-state index contributed by atoms with van der Waals surface area (Å²) in [7, 11) is 1.72. The lowest BCUT2D eigenvalue weighted by Crippen LogP contribution is -2.33. The maximum atomic E-state index is 12.0. The first-order valence-electron chi connectivity index (χ1n) is 7.20. The second-order valence-electron chi connectivity index (χ2n) is 5.12. The standard InChI is InChI=1S/C13H22N6O2/c1-9(2)21-13-17-11(14-3)16-12(18-13)15-8-10(20)19-6-4-5-7-19/h9H,4-8H2,1-3H3,(H2,14,15,16,17,18). The molecular formula is C13H22N6O2. The van der Waals surface area contributed by atoms with E-state index in [0.717, 1.165) is 25.9 Å². The molecule has 0 spiro atoms. The molecule has 0 aliphatic carbocycles. The number of carbonyl (C=O) groups excluding carboxylic acids is 1. The molecule has 116 valence electrons. The van der Waals surface area contributed by atoms with Gasteiger partial charge in [-0.15, -0.1) is 0 Å². The van der Waals surface area contributed by atoms with Crippen molar-refractivity contribution in [2.75, 3.05) is 37.3 Å². The number of amides is 1. The smallest absolute Gasteiger partial charge is 0.323 e. The molecule has 0 saturated carbocycles. The molecule has 8 nitrogen and oxygen atoms in total. The molecule has 1 aliphatic rings. The Balaban J connectivity index is 1.99. The van der Waals surface area contributed by atoms with E-state index >= 15 is 0 Å². The van der Waals surface area contributed by atoms with E-state index in [2.05, 4.69) is 25.6 Å². The molecule has 2 rings (SSSR count). The van der Waals surface area contributed by atoms with Gasteiger partial charge in [-0.25, -0.2) is 0 Å². The maximum Gasteiger partial charge on any atom is 0.323 e. The summed E-state index contributed by atoms with van der Waals surface area (Å²) in [4.78, 5) is 26.2. The third-order valence-corrected chi connectivity index (χ3v) is 3.04. The van der Waals surface area contributed by atoms with Crippen molar-refractivity contribution in [2.24, 2.45) is 0 Å². The summed E-state index contributed by atoms with van der Waals surface area (Å²) >= 11 is 0. The highest BCUT2D eigenvalue weighted by Crippen LogP contribution is 2.12. The van der Waals surface area contributed by atoms with Crippen LogP contribution in [0.2, 0.25) is 0 Å². The van der Waals surface area contributed by atoms with Crippen LogP contribution >= 0.6 is 0 Å². The van der Waals surface area contributed by atoms with Crippen LogP contribution in [0, 0.1) is 0 Å². The summed E-state index contributed by atoms with van der Waals surface area (Å²) in [5.74, 6) is 0.791.